The van der Waals surface area contributed by atoms with Crippen molar-refractivity contribution in [3.8, 4) is 0 Å². The van der Waals surface area contributed by atoms with Crippen LogP contribution in [0.4, 0.5) is 0 Å². The van der Waals surface area contributed by atoms with Crippen molar-refractivity contribution < 1.29 is 4.79 Å². The van der Waals surface area contributed by atoms with Crippen LogP contribution in [0.1, 0.15) is 67.7 Å². The van der Waals surface area contributed by atoms with E-state index in [9.17, 15) is 4.79 Å². The second kappa shape index (κ2) is 6.49. The highest BCUT2D eigenvalue weighted by Gasteiger charge is 2.33. The Morgan fingerprint density at radius 1 is 1.21 bits per heavy atom. The Morgan fingerprint density at radius 3 is 2.83 bits per heavy atom. The lowest BCUT2D eigenvalue weighted by Gasteiger charge is -2.29. The summed E-state index contributed by atoms with van der Waals surface area (Å²) in [7, 11) is 0. The molecule has 1 atom stereocenters. The van der Waals surface area contributed by atoms with E-state index in [2.05, 4.69) is 15.1 Å². The van der Waals surface area contributed by atoms with Crippen LogP contribution in [0, 0.1) is 12.8 Å². The average molecular weight is 327 g/mol. The molecule has 3 heterocycles. The van der Waals surface area contributed by atoms with Gasteiger partial charge in [0.25, 0.3) is 11.7 Å². The van der Waals surface area contributed by atoms with Crippen LogP contribution in [0.25, 0.3) is 5.78 Å². The molecule has 4 rings (SSSR count). The zero-order valence-corrected chi connectivity index (χ0v) is 14.3. The highest BCUT2D eigenvalue weighted by molar-refractivity contribution is 5.91. The van der Waals surface area contributed by atoms with Crippen LogP contribution in [0.3, 0.4) is 0 Å². The number of likely N-dealkylation sites (tertiary alicyclic amines) is 1. The lowest BCUT2D eigenvalue weighted by atomic mass is 9.84. The number of fused-ring (bicyclic) bond motifs is 1. The number of carbonyl (C=O) groups excluding carboxylic acids is 1. The second-order valence-electron chi connectivity index (χ2n) is 7.27. The predicted octanol–water partition coefficient (Wildman–Crippen LogP) is 3.01. The number of amides is 1. The Balaban J connectivity index is 1.52. The van der Waals surface area contributed by atoms with Crippen LogP contribution in [-0.2, 0) is 0 Å². The first kappa shape index (κ1) is 15.5. The van der Waals surface area contributed by atoms with Crippen LogP contribution in [0.2, 0.25) is 0 Å². The van der Waals surface area contributed by atoms with Crippen LogP contribution in [-0.4, -0.2) is 43.0 Å². The van der Waals surface area contributed by atoms with Crippen LogP contribution < -0.4 is 0 Å². The van der Waals surface area contributed by atoms with Crippen LogP contribution >= 0.6 is 0 Å². The summed E-state index contributed by atoms with van der Waals surface area (Å²) in [5.41, 5.74) is 0.937. The highest BCUT2D eigenvalue weighted by atomic mass is 16.2. The first-order valence-electron chi connectivity index (χ1n) is 9.22. The molecule has 0 N–H and O–H groups in total. The smallest absolute Gasteiger partial charge is 0.293 e. The van der Waals surface area contributed by atoms with Gasteiger partial charge in [-0.05, 0) is 38.2 Å². The van der Waals surface area contributed by atoms with Gasteiger partial charge in [-0.2, -0.15) is 4.98 Å². The number of aromatic nitrogens is 4. The SMILES string of the molecule is Cc1ccnc2nc(C(=O)N3CCCC3CC3CCCCC3)nn12. The van der Waals surface area contributed by atoms with Gasteiger partial charge in [-0.3, -0.25) is 4.79 Å². The standard InChI is InChI=1S/C18H25N5O/c1-13-9-10-19-18-20-16(21-23(13)18)17(24)22-11-5-8-15(22)12-14-6-3-2-4-7-14/h9-10,14-15H,2-8,11-12H2,1H3. The molecule has 0 radical (unpaired) electrons. The third kappa shape index (κ3) is 2.89. The van der Waals surface area contributed by atoms with Gasteiger partial charge in [0.2, 0.25) is 5.82 Å². The minimum absolute atomic E-state index is 0.0294. The van der Waals surface area contributed by atoms with Crippen molar-refractivity contribution in [3.63, 3.8) is 0 Å². The summed E-state index contributed by atoms with van der Waals surface area (Å²) in [4.78, 5) is 23.5. The van der Waals surface area contributed by atoms with E-state index in [4.69, 9.17) is 0 Å². The Kier molecular flexibility index (Phi) is 4.21. The van der Waals surface area contributed by atoms with Crippen molar-refractivity contribution in [1.29, 1.82) is 0 Å². The van der Waals surface area contributed by atoms with Gasteiger partial charge in [0, 0.05) is 24.5 Å². The molecule has 1 amide bonds. The largest absolute Gasteiger partial charge is 0.333 e. The molecule has 0 spiro atoms. The Hall–Kier alpha value is -1.98. The predicted molar refractivity (Wildman–Crippen MR) is 90.8 cm³/mol. The summed E-state index contributed by atoms with van der Waals surface area (Å²) in [6.07, 6.45) is 11.8. The normalized spacial score (nSPS) is 22.4. The van der Waals surface area contributed by atoms with E-state index in [-0.39, 0.29) is 11.7 Å². The molecule has 2 aliphatic rings. The zero-order chi connectivity index (χ0) is 16.5. The van der Waals surface area contributed by atoms with Gasteiger partial charge in [-0.15, -0.1) is 5.10 Å². The number of nitrogens with zero attached hydrogens (tertiary/aromatic N) is 5. The van der Waals surface area contributed by atoms with Crippen molar-refractivity contribution in [2.24, 2.45) is 5.92 Å². The van der Waals surface area contributed by atoms with E-state index in [1.165, 1.54) is 32.1 Å². The summed E-state index contributed by atoms with van der Waals surface area (Å²) in [6, 6.07) is 2.23. The number of rotatable bonds is 3. The van der Waals surface area contributed by atoms with E-state index in [1.807, 2.05) is 17.9 Å². The highest BCUT2D eigenvalue weighted by Crippen LogP contribution is 2.32. The molecule has 1 saturated carbocycles. The lowest BCUT2D eigenvalue weighted by Crippen LogP contribution is -2.37. The monoisotopic (exact) mass is 327 g/mol. The van der Waals surface area contributed by atoms with Crippen molar-refractivity contribution in [2.75, 3.05) is 6.54 Å². The lowest BCUT2D eigenvalue weighted by molar-refractivity contribution is 0.0699. The van der Waals surface area contributed by atoms with Gasteiger partial charge in [0.1, 0.15) is 0 Å². The average Bonchev–Trinajstić information content (AvgIpc) is 3.23. The molecule has 0 bridgehead atoms. The molecule has 2 fully saturated rings. The maximum Gasteiger partial charge on any atom is 0.293 e. The van der Waals surface area contributed by atoms with E-state index in [0.717, 1.165) is 37.4 Å². The van der Waals surface area contributed by atoms with Gasteiger partial charge in [0.15, 0.2) is 0 Å². The summed E-state index contributed by atoms with van der Waals surface area (Å²) in [6.45, 7) is 2.78. The third-order valence-corrected chi connectivity index (χ3v) is 5.59. The molecule has 6 nitrogen and oxygen atoms in total. The molecule has 1 aliphatic heterocycles. The molecule has 2 aromatic heterocycles. The number of hydrogen-bond donors (Lipinski definition) is 0. The van der Waals surface area contributed by atoms with E-state index in [0.29, 0.717) is 11.8 Å². The third-order valence-electron chi connectivity index (χ3n) is 5.59. The fourth-order valence-corrected chi connectivity index (χ4v) is 4.28. The van der Waals surface area contributed by atoms with E-state index in [1.54, 1.807) is 10.7 Å². The fourth-order valence-electron chi connectivity index (χ4n) is 4.28. The van der Waals surface area contributed by atoms with Crippen molar-refractivity contribution in [1.82, 2.24) is 24.5 Å². The fraction of sp³-hybridized carbons (Fsp3) is 0.667. The number of hydrogen-bond acceptors (Lipinski definition) is 4. The topological polar surface area (TPSA) is 63.4 Å². The molecule has 128 valence electrons. The van der Waals surface area contributed by atoms with E-state index < -0.39 is 0 Å². The molecular weight excluding hydrogens is 302 g/mol. The quantitative estimate of drug-likeness (QED) is 0.869. The van der Waals surface area contributed by atoms with Gasteiger partial charge in [0.05, 0.1) is 0 Å². The first-order chi connectivity index (χ1) is 11.7. The van der Waals surface area contributed by atoms with Crippen molar-refractivity contribution >= 4 is 11.7 Å². The van der Waals surface area contributed by atoms with Gasteiger partial charge < -0.3 is 4.90 Å². The Labute approximate surface area is 142 Å². The molecule has 1 saturated heterocycles. The summed E-state index contributed by atoms with van der Waals surface area (Å²) in [5, 5.41) is 4.39. The maximum atomic E-state index is 12.9. The maximum absolute atomic E-state index is 12.9. The van der Waals surface area contributed by atoms with Crippen molar-refractivity contribution in [3.05, 3.63) is 23.8 Å². The summed E-state index contributed by atoms with van der Waals surface area (Å²) >= 11 is 0. The summed E-state index contributed by atoms with van der Waals surface area (Å²) in [5.74, 6) is 1.54. The summed E-state index contributed by atoms with van der Waals surface area (Å²) < 4.78 is 1.65. The molecule has 6 heteroatoms. The van der Waals surface area contributed by atoms with Gasteiger partial charge in [-0.1, -0.05) is 32.1 Å². The van der Waals surface area contributed by atoms with Gasteiger partial charge >= 0.3 is 0 Å². The minimum Gasteiger partial charge on any atom is -0.333 e. The Bertz CT molecular complexity index is 734. The van der Waals surface area contributed by atoms with Crippen LogP contribution in [0.5, 0.6) is 0 Å². The minimum atomic E-state index is -0.0294. The number of carbonyl (C=O) groups is 1. The Morgan fingerprint density at radius 2 is 2.04 bits per heavy atom. The number of aryl methyl sites for hydroxylation is 1. The molecule has 1 aliphatic carbocycles. The second-order valence-corrected chi connectivity index (χ2v) is 7.27. The van der Waals surface area contributed by atoms with E-state index >= 15 is 0 Å². The molecule has 1 unspecified atom stereocenters. The zero-order valence-electron chi connectivity index (χ0n) is 14.3. The molecule has 24 heavy (non-hydrogen) atoms. The molecular formula is C18H25N5O. The molecule has 0 aromatic carbocycles. The van der Waals surface area contributed by atoms with Crippen LogP contribution in [0.15, 0.2) is 12.3 Å². The van der Waals surface area contributed by atoms with Crippen molar-refractivity contribution in [2.45, 2.75) is 64.3 Å². The van der Waals surface area contributed by atoms with Gasteiger partial charge in [-0.25, -0.2) is 9.50 Å². The first-order valence-corrected chi connectivity index (χ1v) is 9.22. The molecule has 2 aromatic rings.